The number of piperidine rings is 1. The number of hydrogen-bond donors (Lipinski definition) is 1. The van der Waals surface area contributed by atoms with Crippen molar-refractivity contribution in [2.45, 2.75) is 32.0 Å². The molecular formula is C14H17F4NO. The molecule has 1 aliphatic heterocycles. The summed E-state index contributed by atoms with van der Waals surface area (Å²) < 4.78 is 52.4. The quantitative estimate of drug-likeness (QED) is 0.841. The molecule has 1 aromatic carbocycles. The summed E-state index contributed by atoms with van der Waals surface area (Å²) in [6, 6.07) is 4.20. The molecule has 0 aromatic heterocycles. The Kier molecular flexibility index (Phi) is 4.22. The van der Waals surface area contributed by atoms with Gasteiger partial charge in [0.2, 0.25) is 0 Å². The van der Waals surface area contributed by atoms with Crippen LogP contribution in [-0.4, -0.2) is 24.4 Å². The maximum absolute atomic E-state index is 14.0. The third-order valence-electron chi connectivity index (χ3n) is 3.67. The summed E-state index contributed by atoms with van der Waals surface area (Å²) in [4.78, 5) is 1.40. The predicted molar refractivity (Wildman–Crippen MR) is 68.0 cm³/mol. The van der Waals surface area contributed by atoms with Crippen molar-refractivity contribution in [3.63, 3.8) is 0 Å². The van der Waals surface area contributed by atoms with E-state index in [1.54, 1.807) is 6.07 Å². The van der Waals surface area contributed by atoms with E-state index < -0.39 is 24.0 Å². The molecule has 0 radical (unpaired) electrons. The van der Waals surface area contributed by atoms with Crippen LogP contribution in [-0.2, 0) is 0 Å². The van der Waals surface area contributed by atoms with Crippen molar-refractivity contribution < 1.29 is 22.7 Å². The van der Waals surface area contributed by atoms with Crippen LogP contribution < -0.4 is 4.90 Å². The van der Waals surface area contributed by atoms with Gasteiger partial charge in [0.1, 0.15) is 5.82 Å². The Morgan fingerprint density at radius 2 is 2.05 bits per heavy atom. The summed E-state index contributed by atoms with van der Waals surface area (Å²) in [5.41, 5.74) is 0.421. The van der Waals surface area contributed by atoms with Crippen molar-refractivity contribution in [3.05, 3.63) is 29.6 Å². The van der Waals surface area contributed by atoms with Gasteiger partial charge in [-0.3, -0.25) is 0 Å². The summed E-state index contributed by atoms with van der Waals surface area (Å²) in [7, 11) is 0. The fourth-order valence-electron chi connectivity index (χ4n) is 2.65. The van der Waals surface area contributed by atoms with Crippen LogP contribution in [0.1, 0.15) is 31.4 Å². The zero-order valence-corrected chi connectivity index (χ0v) is 11.1. The van der Waals surface area contributed by atoms with Gasteiger partial charge in [-0.25, -0.2) is 4.39 Å². The lowest BCUT2D eigenvalue weighted by Gasteiger charge is -2.36. The van der Waals surface area contributed by atoms with Gasteiger partial charge in [0, 0.05) is 18.7 Å². The van der Waals surface area contributed by atoms with Crippen LogP contribution >= 0.6 is 0 Å². The van der Waals surface area contributed by atoms with Crippen molar-refractivity contribution in [1.29, 1.82) is 0 Å². The number of rotatable bonds is 2. The van der Waals surface area contributed by atoms with E-state index in [0.717, 1.165) is 0 Å². The minimum atomic E-state index is -4.27. The lowest BCUT2D eigenvalue weighted by Crippen LogP contribution is -2.42. The number of nitrogens with zero attached hydrogens (tertiary/aromatic N) is 1. The minimum absolute atomic E-state index is 0.0679. The molecule has 112 valence electrons. The maximum atomic E-state index is 14.0. The monoisotopic (exact) mass is 291 g/mol. The third-order valence-corrected chi connectivity index (χ3v) is 3.67. The van der Waals surface area contributed by atoms with E-state index in [1.165, 1.54) is 24.0 Å². The average molecular weight is 291 g/mol. The molecule has 0 bridgehead atoms. The van der Waals surface area contributed by atoms with Gasteiger partial charge in [-0.2, -0.15) is 13.2 Å². The van der Waals surface area contributed by atoms with E-state index in [9.17, 15) is 22.7 Å². The molecule has 1 unspecified atom stereocenters. The summed E-state index contributed by atoms with van der Waals surface area (Å²) in [6.07, 6.45) is -4.77. The number of aliphatic hydroxyl groups excluding tert-OH is 1. The summed E-state index contributed by atoms with van der Waals surface area (Å²) in [5.74, 6) is -2.04. The molecule has 0 spiro atoms. The molecule has 1 fully saturated rings. The molecule has 1 aliphatic rings. The highest BCUT2D eigenvalue weighted by atomic mass is 19.4. The van der Waals surface area contributed by atoms with Crippen LogP contribution in [0.15, 0.2) is 18.2 Å². The van der Waals surface area contributed by atoms with Gasteiger partial charge in [-0.15, -0.1) is 0 Å². The number of halogens is 4. The number of para-hydroxylation sites is 1. The van der Waals surface area contributed by atoms with Crippen LogP contribution in [0, 0.1) is 11.7 Å². The first kappa shape index (κ1) is 15.1. The Labute approximate surface area is 115 Å². The lowest BCUT2D eigenvalue weighted by molar-refractivity contribution is -0.176. The molecule has 2 rings (SSSR count). The Hall–Kier alpha value is -1.30. The Bertz CT molecular complexity index is 473. The Morgan fingerprint density at radius 3 is 2.65 bits per heavy atom. The molecule has 1 aromatic rings. The molecule has 0 saturated carbocycles. The Balaban J connectivity index is 2.32. The first-order valence-corrected chi connectivity index (χ1v) is 6.59. The van der Waals surface area contributed by atoms with E-state index >= 15 is 0 Å². The van der Waals surface area contributed by atoms with Crippen LogP contribution in [0.3, 0.4) is 0 Å². The van der Waals surface area contributed by atoms with Crippen LogP contribution in [0.2, 0.25) is 0 Å². The van der Waals surface area contributed by atoms with Gasteiger partial charge in [-0.05, 0) is 25.8 Å². The molecule has 2 nitrogen and oxygen atoms in total. The first-order valence-electron chi connectivity index (χ1n) is 6.59. The van der Waals surface area contributed by atoms with Crippen LogP contribution in [0.25, 0.3) is 0 Å². The van der Waals surface area contributed by atoms with E-state index in [1.807, 2.05) is 0 Å². The zero-order chi connectivity index (χ0) is 14.9. The van der Waals surface area contributed by atoms with Crippen molar-refractivity contribution in [2.75, 3.05) is 18.0 Å². The number of aliphatic hydroxyl groups is 1. The normalized spacial score (nSPS) is 21.9. The largest absolute Gasteiger partial charge is 0.393 e. The third kappa shape index (κ3) is 3.06. The fraction of sp³-hybridized carbons (Fsp3) is 0.571. The Morgan fingerprint density at radius 1 is 1.35 bits per heavy atom. The lowest BCUT2D eigenvalue weighted by atomic mass is 9.95. The van der Waals surface area contributed by atoms with E-state index in [-0.39, 0.29) is 18.7 Å². The second-order valence-corrected chi connectivity index (χ2v) is 5.18. The van der Waals surface area contributed by atoms with Gasteiger partial charge in [0.15, 0.2) is 0 Å². The van der Waals surface area contributed by atoms with Crippen molar-refractivity contribution in [3.8, 4) is 0 Å². The molecule has 20 heavy (non-hydrogen) atoms. The van der Waals surface area contributed by atoms with Gasteiger partial charge >= 0.3 is 6.18 Å². The van der Waals surface area contributed by atoms with Crippen molar-refractivity contribution in [2.24, 2.45) is 5.92 Å². The van der Waals surface area contributed by atoms with Crippen LogP contribution in [0.5, 0.6) is 0 Å². The molecule has 6 heteroatoms. The molecule has 0 aliphatic carbocycles. The van der Waals surface area contributed by atoms with Crippen molar-refractivity contribution >= 4 is 5.69 Å². The van der Waals surface area contributed by atoms with Gasteiger partial charge < -0.3 is 10.0 Å². The standard InChI is InChI=1S/C14H17F4NO/c1-9(20)11-5-2-6-12(15)13(11)19-7-3-4-10(8-19)14(16,17)18/h2,5-6,9-10,20H,3-4,7-8H2,1H3/t9-,10?/m0/s1. The molecule has 1 saturated heterocycles. The molecule has 2 atom stereocenters. The van der Waals surface area contributed by atoms with E-state index in [4.69, 9.17) is 0 Å². The summed E-state index contributed by atoms with van der Waals surface area (Å²) in [6.45, 7) is 1.58. The highest BCUT2D eigenvalue weighted by Gasteiger charge is 2.42. The number of anilines is 1. The maximum Gasteiger partial charge on any atom is 0.393 e. The second kappa shape index (κ2) is 5.60. The molecule has 0 amide bonds. The van der Waals surface area contributed by atoms with E-state index in [0.29, 0.717) is 18.5 Å². The van der Waals surface area contributed by atoms with Crippen molar-refractivity contribution in [1.82, 2.24) is 0 Å². The van der Waals surface area contributed by atoms with E-state index in [2.05, 4.69) is 0 Å². The van der Waals surface area contributed by atoms with Gasteiger partial charge in [-0.1, -0.05) is 12.1 Å². The topological polar surface area (TPSA) is 23.5 Å². The summed E-state index contributed by atoms with van der Waals surface area (Å²) in [5, 5.41) is 9.67. The zero-order valence-electron chi connectivity index (χ0n) is 11.1. The van der Waals surface area contributed by atoms with Gasteiger partial charge in [0.05, 0.1) is 17.7 Å². The molecule has 1 N–H and O–H groups in total. The molecular weight excluding hydrogens is 274 g/mol. The van der Waals surface area contributed by atoms with Crippen LogP contribution in [0.4, 0.5) is 23.2 Å². The fourth-order valence-corrected chi connectivity index (χ4v) is 2.65. The predicted octanol–water partition coefficient (Wildman–Crippen LogP) is 3.66. The molecule has 1 heterocycles. The minimum Gasteiger partial charge on any atom is -0.389 e. The SMILES string of the molecule is C[C@H](O)c1cccc(F)c1N1CCCC(C(F)(F)F)C1. The second-order valence-electron chi connectivity index (χ2n) is 5.18. The first-order chi connectivity index (χ1) is 9.30. The smallest absolute Gasteiger partial charge is 0.389 e. The average Bonchev–Trinajstić information content (AvgIpc) is 2.37. The highest BCUT2D eigenvalue weighted by molar-refractivity contribution is 5.56. The van der Waals surface area contributed by atoms with Gasteiger partial charge in [0.25, 0.3) is 0 Å². The highest BCUT2D eigenvalue weighted by Crippen LogP contribution is 2.37. The number of benzene rings is 1. The number of alkyl halides is 3. The summed E-state index contributed by atoms with van der Waals surface area (Å²) >= 11 is 0. The number of hydrogen-bond acceptors (Lipinski definition) is 2.